The zero-order valence-corrected chi connectivity index (χ0v) is 13.1. The van der Waals surface area contributed by atoms with Crippen LogP contribution >= 0.6 is 0 Å². The molecule has 0 aliphatic rings. The summed E-state index contributed by atoms with van der Waals surface area (Å²) in [6, 6.07) is 7.34. The van der Waals surface area contributed by atoms with Crippen LogP contribution in [0.5, 0.6) is 5.75 Å². The maximum atomic E-state index is 9.23. The molecule has 0 heterocycles. The molecule has 5 nitrogen and oxygen atoms in total. The number of ether oxygens (including phenoxy) is 1. The lowest BCUT2D eigenvalue weighted by atomic mass is 10.1. The summed E-state index contributed by atoms with van der Waals surface area (Å²) < 4.78 is 5.29. The highest BCUT2D eigenvalue weighted by Gasteiger charge is 1.97. The van der Waals surface area contributed by atoms with Gasteiger partial charge in [-0.25, -0.2) is 0 Å². The van der Waals surface area contributed by atoms with Gasteiger partial charge in [-0.1, -0.05) is 12.1 Å². The monoisotopic (exact) mass is 293 g/mol. The van der Waals surface area contributed by atoms with E-state index in [9.17, 15) is 5.11 Å². The van der Waals surface area contributed by atoms with Gasteiger partial charge in [-0.3, -0.25) is 4.99 Å². The van der Waals surface area contributed by atoms with Crippen LogP contribution in [0.4, 0.5) is 0 Å². The summed E-state index contributed by atoms with van der Waals surface area (Å²) in [6.45, 7) is 7.84. The van der Waals surface area contributed by atoms with Crippen molar-refractivity contribution in [2.24, 2.45) is 4.99 Å². The zero-order chi connectivity index (χ0) is 15.3. The molecule has 21 heavy (non-hydrogen) atoms. The molecular weight excluding hydrogens is 266 g/mol. The molecular formula is C16H27N3O2. The Morgan fingerprint density at radius 2 is 1.95 bits per heavy atom. The molecule has 0 amide bonds. The van der Waals surface area contributed by atoms with Gasteiger partial charge in [-0.05, 0) is 44.4 Å². The third-order valence-corrected chi connectivity index (χ3v) is 2.92. The molecule has 0 bridgehead atoms. The fourth-order valence-electron chi connectivity index (χ4n) is 1.86. The number of phenols is 1. The van der Waals surface area contributed by atoms with Crippen molar-refractivity contribution in [3.05, 3.63) is 29.8 Å². The molecule has 0 aliphatic heterocycles. The third-order valence-electron chi connectivity index (χ3n) is 2.92. The lowest BCUT2D eigenvalue weighted by molar-refractivity contribution is 0.152. The Kier molecular flexibility index (Phi) is 9.04. The lowest BCUT2D eigenvalue weighted by Crippen LogP contribution is -2.39. The number of benzene rings is 1. The molecule has 0 unspecified atom stereocenters. The first-order valence-electron chi connectivity index (χ1n) is 7.64. The normalized spacial score (nSPS) is 11.4. The summed E-state index contributed by atoms with van der Waals surface area (Å²) >= 11 is 0. The minimum absolute atomic E-state index is 0.310. The molecule has 0 saturated heterocycles. The van der Waals surface area contributed by atoms with E-state index >= 15 is 0 Å². The van der Waals surface area contributed by atoms with E-state index in [1.807, 2.05) is 19.1 Å². The number of hydrogen-bond donors (Lipinski definition) is 3. The van der Waals surface area contributed by atoms with Crippen LogP contribution in [0.1, 0.15) is 25.8 Å². The van der Waals surface area contributed by atoms with Crippen molar-refractivity contribution in [1.82, 2.24) is 10.6 Å². The van der Waals surface area contributed by atoms with Crippen molar-refractivity contribution in [3.8, 4) is 5.75 Å². The molecule has 0 spiro atoms. The standard InChI is InChI=1S/C16H27N3O2/c1-3-17-16(19-12-13-21-4-2)18-11-5-6-14-7-9-15(20)10-8-14/h7-10,20H,3-6,11-13H2,1-2H3,(H2,17,18,19). The second-order valence-electron chi connectivity index (χ2n) is 4.65. The second kappa shape index (κ2) is 11.0. The molecule has 1 rings (SSSR count). The smallest absolute Gasteiger partial charge is 0.191 e. The molecule has 5 heteroatoms. The molecule has 3 N–H and O–H groups in total. The number of phenolic OH excluding ortho intramolecular Hbond substituents is 1. The highest BCUT2D eigenvalue weighted by atomic mass is 16.5. The number of aryl methyl sites for hydroxylation is 1. The minimum atomic E-state index is 0.310. The van der Waals surface area contributed by atoms with Gasteiger partial charge in [0.25, 0.3) is 0 Å². The summed E-state index contributed by atoms with van der Waals surface area (Å²) in [5.41, 5.74) is 1.22. The Balaban J connectivity index is 2.27. The van der Waals surface area contributed by atoms with Crippen LogP contribution in [0.2, 0.25) is 0 Å². The fraction of sp³-hybridized carbons (Fsp3) is 0.562. The SMILES string of the molecule is CCNC(=NCCCc1ccc(O)cc1)NCCOCC. The topological polar surface area (TPSA) is 65.9 Å². The van der Waals surface area contributed by atoms with Crippen molar-refractivity contribution >= 4 is 5.96 Å². The molecule has 1 aromatic carbocycles. The van der Waals surface area contributed by atoms with Crippen LogP contribution in [-0.4, -0.2) is 43.9 Å². The van der Waals surface area contributed by atoms with Crippen LogP contribution in [0.3, 0.4) is 0 Å². The Hall–Kier alpha value is -1.75. The highest BCUT2D eigenvalue weighted by Crippen LogP contribution is 2.10. The van der Waals surface area contributed by atoms with Gasteiger partial charge in [0.15, 0.2) is 5.96 Å². The van der Waals surface area contributed by atoms with Crippen molar-refractivity contribution < 1.29 is 9.84 Å². The summed E-state index contributed by atoms with van der Waals surface area (Å²) in [6.07, 6.45) is 1.94. The third kappa shape index (κ3) is 8.19. The number of guanidine groups is 1. The first-order valence-corrected chi connectivity index (χ1v) is 7.64. The van der Waals surface area contributed by atoms with Gasteiger partial charge in [-0.2, -0.15) is 0 Å². The number of nitrogens with zero attached hydrogens (tertiary/aromatic N) is 1. The van der Waals surface area contributed by atoms with Crippen molar-refractivity contribution in [1.29, 1.82) is 0 Å². The van der Waals surface area contributed by atoms with E-state index in [2.05, 4.69) is 22.5 Å². The van der Waals surface area contributed by atoms with E-state index in [0.717, 1.165) is 45.0 Å². The van der Waals surface area contributed by atoms with Crippen molar-refractivity contribution in [3.63, 3.8) is 0 Å². The maximum absolute atomic E-state index is 9.23. The Morgan fingerprint density at radius 1 is 1.19 bits per heavy atom. The van der Waals surface area contributed by atoms with E-state index in [4.69, 9.17) is 4.74 Å². The predicted octanol–water partition coefficient (Wildman–Crippen LogP) is 1.92. The molecule has 0 aliphatic carbocycles. The largest absolute Gasteiger partial charge is 0.508 e. The van der Waals surface area contributed by atoms with Crippen LogP contribution in [-0.2, 0) is 11.2 Å². The summed E-state index contributed by atoms with van der Waals surface area (Å²) in [7, 11) is 0. The zero-order valence-electron chi connectivity index (χ0n) is 13.1. The number of aliphatic imine (C=N–C) groups is 1. The van der Waals surface area contributed by atoms with E-state index in [1.165, 1.54) is 5.56 Å². The first kappa shape index (κ1) is 17.3. The van der Waals surface area contributed by atoms with E-state index in [1.54, 1.807) is 12.1 Å². The maximum Gasteiger partial charge on any atom is 0.191 e. The Morgan fingerprint density at radius 3 is 2.62 bits per heavy atom. The van der Waals surface area contributed by atoms with Crippen LogP contribution in [0.15, 0.2) is 29.3 Å². The van der Waals surface area contributed by atoms with Gasteiger partial charge in [0.2, 0.25) is 0 Å². The van der Waals surface area contributed by atoms with Crippen molar-refractivity contribution in [2.75, 3.05) is 32.8 Å². The van der Waals surface area contributed by atoms with Gasteiger partial charge in [0, 0.05) is 26.2 Å². The van der Waals surface area contributed by atoms with Crippen molar-refractivity contribution in [2.45, 2.75) is 26.7 Å². The van der Waals surface area contributed by atoms with Crippen LogP contribution < -0.4 is 10.6 Å². The van der Waals surface area contributed by atoms with Gasteiger partial charge in [-0.15, -0.1) is 0 Å². The van der Waals surface area contributed by atoms with Crippen LogP contribution in [0, 0.1) is 0 Å². The van der Waals surface area contributed by atoms with E-state index < -0.39 is 0 Å². The van der Waals surface area contributed by atoms with Crippen LogP contribution in [0.25, 0.3) is 0 Å². The molecule has 0 saturated carbocycles. The number of aromatic hydroxyl groups is 1. The minimum Gasteiger partial charge on any atom is -0.508 e. The molecule has 0 aromatic heterocycles. The number of rotatable bonds is 9. The first-order chi connectivity index (χ1) is 10.3. The van der Waals surface area contributed by atoms with E-state index in [-0.39, 0.29) is 0 Å². The average molecular weight is 293 g/mol. The van der Waals surface area contributed by atoms with E-state index in [0.29, 0.717) is 12.4 Å². The average Bonchev–Trinajstić information content (AvgIpc) is 2.49. The number of hydrogen-bond acceptors (Lipinski definition) is 3. The van der Waals surface area contributed by atoms with Gasteiger partial charge in [0.1, 0.15) is 5.75 Å². The molecule has 0 atom stereocenters. The fourth-order valence-corrected chi connectivity index (χ4v) is 1.86. The lowest BCUT2D eigenvalue weighted by Gasteiger charge is -2.11. The summed E-state index contributed by atoms with van der Waals surface area (Å²) in [4.78, 5) is 4.53. The quantitative estimate of drug-likeness (QED) is 0.370. The molecule has 1 aromatic rings. The second-order valence-corrected chi connectivity index (χ2v) is 4.65. The van der Waals surface area contributed by atoms with Gasteiger partial charge >= 0.3 is 0 Å². The molecule has 0 fully saturated rings. The Labute approximate surface area is 127 Å². The molecule has 0 radical (unpaired) electrons. The number of nitrogens with one attached hydrogen (secondary N) is 2. The highest BCUT2D eigenvalue weighted by molar-refractivity contribution is 5.79. The predicted molar refractivity (Wildman–Crippen MR) is 86.9 cm³/mol. The Bertz CT molecular complexity index is 404. The van der Waals surface area contributed by atoms with Gasteiger partial charge in [0.05, 0.1) is 6.61 Å². The van der Waals surface area contributed by atoms with Gasteiger partial charge < -0.3 is 20.5 Å². The summed E-state index contributed by atoms with van der Waals surface area (Å²) in [5, 5.41) is 15.7. The molecule has 118 valence electrons. The summed E-state index contributed by atoms with van der Waals surface area (Å²) in [5.74, 6) is 1.15.